The van der Waals surface area contributed by atoms with E-state index in [-0.39, 0.29) is 17.3 Å². The van der Waals surface area contributed by atoms with Gasteiger partial charge < -0.3 is 11.5 Å². The van der Waals surface area contributed by atoms with Gasteiger partial charge in [0.1, 0.15) is 5.82 Å². The van der Waals surface area contributed by atoms with Crippen LogP contribution < -0.4 is 21.9 Å². The molecule has 0 radical (unpaired) electrons. The average Bonchev–Trinajstić information content (AvgIpc) is 3.17. The first kappa shape index (κ1) is 20.5. The summed E-state index contributed by atoms with van der Waals surface area (Å²) in [5, 5.41) is 6.02. The molecule has 0 aliphatic carbocycles. The van der Waals surface area contributed by atoms with Gasteiger partial charge in [-0.25, -0.2) is 14.8 Å². The fourth-order valence-electron chi connectivity index (χ4n) is 3.32. The highest BCUT2D eigenvalue weighted by molar-refractivity contribution is 5.92. The molecule has 0 fully saturated rings. The summed E-state index contributed by atoms with van der Waals surface area (Å²) in [4.78, 5) is 15.7. The minimum Gasteiger partial charge on any atom is -0.366 e. The van der Waals surface area contributed by atoms with Crippen molar-refractivity contribution < 1.29 is 9.18 Å². The monoisotopic (exact) mass is 419 g/mol. The summed E-state index contributed by atoms with van der Waals surface area (Å²) in [6.07, 6.45) is 2.83. The number of rotatable bonds is 7. The highest BCUT2D eigenvalue weighted by Gasteiger charge is 2.20. The van der Waals surface area contributed by atoms with Gasteiger partial charge in [-0.05, 0) is 29.8 Å². The van der Waals surface area contributed by atoms with Crippen molar-refractivity contribution in [1.29, 1.82) is 0 Å². The second kappa shape index (κ2) is 8.50. The molecular formula is C22H22FN7O. The number of pyridine rings is 1. The lowest BCUT2D eigenvalue weighted by molar-refractivity contribution is 0.1000. The second-order valence-electron chi connectivity index (χ2n) is 7.08. The maximum Gasteiger partial charge on any atom is 0.250 e. The Morgan fingerprint density at radius 3 is 2.61 bits per heavy atom. The van der Waals surface area contributed by atoms with Crippen molar-refractivity contribution in [2.75, 3.05) is 11.6 Å². The van der Waals surface area contributed by atoms with Crippen LogP contribution >= 0.6 is 0 Å². The number of carbonyl (C=O) groups excluding carboxylic acids is 1. The van der Waals surface area contributed by atoms with Gasteiger partial charge in [0, 0.05) is 25.8 Å². The minimum absolute atomic E-state index is 0.250. The fourth-order valence-corrected chi connectivity index (χ4v) is 3.32. The van der Waals surface area contributed by atoms with E-state index in [0.29, 0.717) is 23.3 Å². The molecule has 0 unspecified atom stereocenters. The normalized spacial score (nSPS) is 12.1. The topological polar surface area (TPSA) is 115 Å². The average molecular weight is 419 g/mol. The quantitative estimate of drug-likeness (QED) is 0.397. The first-order valence-electron chi connectivity index (χ1n) is 9.66. The summed E-state index contributed by atoms with van der Waals surface area (Å²) in [6.45, 7) is 0.313. The number of nitrogens with two attached hydrogens (primary N) is 2. The lowest BCUT2D eigenvalue weighted by Gasteiger charge is -2.27. The maximum absolute atomic E-state index is 15.4. The third-order valence-corrected chi connectivity index (χ3v) is 5.04. The van der Waals surface area contributed by atoms with Crippen LogP contribution in [0.25, 0.3) is 10.9 Å². The van der Waals surface area contributed by atoms with Gasteiger partial charge in [0.2, 0.25) is 5.91 Å². The van der Waals surface area contributed by atoms with Gasteiger partial charge in [-0.3, -0.25) is 14.5 Å². The van der Waals surface area contributed by atoms with Crippen LogP contribution in [0.3, 0.4) is 0 Å². The van der Waals surface area contributed by atoms with Crippen molar-refractivity contribution in [3.63, 3.8) is 0 Å². The molecule has 0 saturated carbocycles. The molecule has 8 nitrogen and oxygen atoms in total. The fraction of sp³-hybridized carbons (Fsp3) is 0.136. The highest BCUT2D eigenvalue weighted by Crippen LogP contribution is 2.30. The molecule has 2 heterocycles. The van der Waals surface area contributed by atoms with E-state index in [2.05, 4.69) is 15.5 Å². The number of carbonyl (C=O) groups is 1. The number of fused-ring (bicyclic) bond motifs is 1. The number of nitrogens with zero attached hydrogens (tertiary/aromatic N) is 4. The molecule has 2 aromatic carbocycles. The van der Waals surface area contributed by atoms with E-state index in [1.807, 2.05) is 30.3 Å². The zero-order valence-electron chi connectivity index (χ0n) is 16.9. The van der Waals surface area contributed by atoms with E-state index in [0.717, 1.165) is 5.56 Å². The number of anilines is 2. The molecule has 0 aliphatic heterocycles. The summed E-state index contributed by atoms with van der Waals surface area (Å²) in [5.74, 6) is -0.660. The molecule has 4 rings (SSSR count). The molecule has 4 aromatic rings. The molecular weight excluding hydrogens is 397 g/mol. The molecule has 9 heteroatoms. The highest BCUT2D eigenvalue weighted by atomic mass is 19.1. The Morgan fingerprint density at radius 2 is 1.94 bits per heavy atom. The lowest BCUT2D eigenvalue weighted by Crippen LogP contribution is -2.40. The third-order valence-electron chi connectivity index (χ3n) is 5.04. The van der Waals surface area contributed by atoms with E-state index in [4.69, 9.17) is 11.5 Å². The first-order valence-corrected chi connectivity index (χ1v) is 9.66. The van der Waals surface area contributed by atoms with Gasteiger partial charge >= 0.3 is 0 Å². The maximum atomic E-state index is 15.4. The number of hydrogen-bond acceptors (Lipinski definition) is 6. The number of aryl methyl sites for hydroxylation is 1. The number of halogens is 1. The van der Waals surface area contributed by atoms with E-state index in [1.54, 1.807) is 29.9 Å². The summed E-state index contributed by atoms with van der Waals surface area (Å²) in [7, 11) is 1.75. The third kappa shape index (κ3) is 4.09. The molecule has 158 valence electrons. The molecule has 0 spiro atoms. The Bertz CT molecular complexity index is 1210. The van der Waals surface area contributed by atoms with Crippen molar-refractivity contribution in [2.24, 2.45) is 18.5 Å². The zero-order valence-corrected chi connectivity index (χ0v) is 16.9. The Kier molecular flexibility index (Phi) is 5.61. The summed E-state index contributed by atoms with van der Waals surface area (Å²) < 4.78 is 17.0. The van der Waals surface area contributed by atoms with E-state index in [1.165, 1.54) is 23.5 Å². The van der Waals surface area contributed by atoms with Crippen molar-refractivity contribution in [2.45, 2.75) is 6.04 Å². The van der Waals surface area contributed by atoms with Crippen LogP contribution in [-0.4, -0.2) is 27.2 Å². The van der Waals surface area contributed by atoms with Gasteiger partial charge in [-0.1, -0.05) is 30.3 Å². The van der Waals surface area contributed by atoms with Crippen LogP contribution in [0.2, 0.25) is 0 Å². The molecule has 2 aromatic heterocycles. The Balaban J connectivity index is 1.70. The molecule has 0 saturated heterocycles. The van der Waals surface area contributed by atoms with Gasteiger partial charge in [-0.15, -0.1) is 0 Å². The Labute approximate surface area is 178 Å². The van der Waals surface area contributed by atoms with Crippen molar-refractivity contribution in [1.82, 2.24) is 20.2 Å². The van der Waals surface area contributed by atoms with Crippen LogP contribution in [0.1, 0.15) is 22.0 Å². The van der Waals surface area contributed by atoms with Crippen LogP contribution in [0, 0.1) is 5.82 Å². The first-order chi connectivity index (χ1) is 15.0. The number of primary amides is 1. The predicted octanol–water partition coefficient (Wildman–Crippen LogP) is 2.55. The number of hydrazine groups is 1. The van der Waals surface area contributed by atoms with Crippen molar-refractivity contribution in [3.8, 4) is 0 Å². The van der Waals surface area contributed by atoms with Crippen LogP contribution in [0.5, 0.6) is 0 Å². The zero-order chi connectivity index (χ0) is 22.0. The molecule has 31 heavy (non-hydrogen) atoms. The number of aromatic nitrogens is 3. The summed E-state index contributed by atoms with van der Waals surface area (Å²) >= 11 is 0. The largest absolute Gasteiger partial charge is 0.366 e. The van der Waals surface area contributed by atoms with Crippen molar-refractivity contribution in [3.05, 3.63) is 83.9 Å². The summed E-state index contributed by atoms with van der Waals surface area (Å²) in [5.41, 5.74) is 16.9. The number of hydrogen-bond donors (Lipinski definition) is 3. The number of benzene rings is 2. The summed E-state index contributed by atoms with van der Waals surface area (Å²) in [6, 6.07) is 15.8. The standard InChI is InChI=1S/C22H22FN7O/c1-29-18-8-9-19(21(23)16(18)12-27-29)30(20-10-7-15(11-26-20)22(25)31)28-13-17(24)14-5-3-2-4-6-14/h2-12,17,28H,13,24H2,1H3,(H2,25,31)/t17-/m1/s1. The van der Waals surface area contributed by atoms with Crippen LogP contribution in [-0.2, 0) is 7.05 Å². The van der Waals surface area contributed by atoms with E-state index < -0.39 is 11.7 Å². The number of amides is 1. The van der Waals surface area contributed by atoms with Gasteiger partial charge in [0.25, 0.3) is 0 Å². The van der Waals surface area contributed by atoms with Gasteiger partial charge in [0.05, 0.1) is 28.4 Å². The molecule has 1 atom stereocenters. The molecule has 0 bridgehead atoms. The molecule has 5 N–H and O–H groups in total. The van der Waals surface area contributed by atoms with Crippen LogP contribution in [0.15, 0.2) is 67.0 Å². The predicted molar refractivity (Wildman–Crippen MR) is 117 cm³/mol. The SMILES string of the molecule is Cn1ncc2c(F)c(N(NC[C@@H](N)c3ccccc3)c3ccc(C(N)=O)cn3)ccc21. The van der Waals surface area contributed by atoms with Crippen LogP contribution in [0.4, 0.5) is 15.9 Å². The number of nitrogens with one attached hydrogen (secondary N) is 1. The Morgan fingerprint density at radius 1 is 1.16 bits per heavy atom. The minimum atomic E-state index is -0.590. The Hall–Kier alpha value is -3.82. The van der Waals surface area contributed by atoms with Gasteiger partial charge in [-0.2, -0.15) is 5.10 Å². The van der Waals surface area contributed by atoms with Crippen molar-refractivity contribution >= 4 is 28.3 Å². The van der Waals surface area contributed by atoms with Gasteiger partial charge in [0.15, 0.2) is 5.82 Å². The lowest BCUT2D eigenvalue weighted by atomic mass is 10.1. The van der Waals surface area contributed by atoms with E-state index in [9.17, 15) is 4.79 Å². The smallest absolute Gasteiger partial charge is 0.250 e. The van der Waals surface area contributed by atoms with E-state index >= 15 is 4.39 Å². The molecule has 1 amide bonds. The second-order valence-corrected chi connectivity index (χ2v) is 7.08. The molecule has 0 aliphatic rings.